The van der Waals surface area contributed by atoms with Gasteiger partial charge in [0, 0.05) is 44.5 Å². The molecular formula is C25H29F3N4O2. The molecule has 0 unspecified atom stereocenters. The van der Waals surface area contributed by atoms with Gasteiger partial charge in [-0.05, 0) is 55.5 Å². The first kappa shape index (κ1) is 24.0. The molecule has 0 atom stereocenters. The van der Waals surface area contributed by atoms with Crippen LogP contribution in [0.25, 0.3) is 0 Å². The first-order valence-corrected chi connectivity index (χ1v) is 11.6. The van der Waals surface area contributed by atoms with Gasteiger partial charge >= 0.3 is 6.18 Å². The molecule has 1 N–H and O–H groups in total. The summed E-state index contributed by atoms with van der Waals surface area (Å²) in [6.45, 7) is 4.22. The van der Waals surface area contributed by atoms with E-state index in [0.717, 1.165) is 35.5 Å². The molecule has 6 nitrogen and oxygen atoms in total. The number of benzene rings is 1. The Morgan fingerprint density at radius 2 is 1.76 bits per heavy atom. The van der Waals surface area contributed by atoms with Gasteiger partial charge in [-0.15, -0.1) is 0 Å². The topological polar surface area (TPSA) is 65.5 Å². The Kier molecular flexibility index (Phi) is 7.09. The molecular weight excluding hydrogens is 445 g/mol. The molecule has 2 amide bonds. The molecule has 182 valence electrons. The van der Waals surface area contributed by atoms with Crippen LogP contribution in [-0.2, 0) is 9.59 Å². The largest absolute Gasteiger partial charge is 0.389 e. The van der Waals surface area contributed by atoms with Crippen molar-refractivity contribution in [3.63, 3.8) is 0 Å². The van der Waals surface area contributed by atoms with Crippen LogP contribution in [0.4, 0.5) is 24.5 Å². The SMILES string of the molecule is Cc1ncccc1N1CC(C(=O)Nc2ccc(C3CCN(C(=O)CCC(F)(F)F)CC3)cc2)C1. The van der Waals surface area contributed by atoms with Gasteiger partial charge in [0.1, 0.15) is 0 Å². The molecule has 2 aliphatic rings. The molecule has 1 aromatic heterocycles. The minimum Gasteiger partial charge on any atom is -0.368 e. The Balaban J connectivity index is 1.22. The Bertz CT molecular complexity index is 1010. The van der Waals surface area contributed by atoms with E-state index in [1.165, 1.54) is 4.90 Å². The molecule has 0 saturated carbocycles. The zero-order chi connectivity index (χ0) is 24.3. The van der Waals surface area contributed by atoms with Gasteiger partial charge in [-0.25, -0.2) is 0 Å². The van der Waals surface area contributed by atoms with Gasteiger partial charge in [-0.2, -0.15) is 13.2 Å². The molecule has 0 spiro atoms. The van der Waals surface area contributed by atoms with E-state index in [0.29, 0.717) is 26.2 Å². The zero-order valence-corrected chi connectivity index (χ0v) is 19.1. The Morgan fingerprint density at radius 1 is 1.09 bits per heavy atom. The lowest BCUT2D eigenvalue weighted by molar-refractivity contribution is -0.149. The molecule has 2 aliphatic heterocycles. The molecule has 3 heterocycles. The average Bonchev–Trinajstić information content (AvgIpc) is 2.78. The molecule has 0 bridgehead atoms. The number of amides is 2. The van der Waals surface area contributed by atoms with Crippen molar-refractivity contribution in [1.29, 1.82) is 0 Å². The molecule has 4 rings (SSSR count). The van der Waals surface area contributed by atoms with Gasteiger partial charge in [0.2, 0.25) is 11.8 Å². The lowest BCUT2D eigenvalue weighted by Crippen LogP contribution is -2.52. The van der Waals surface area contributed by atoms with E-state index in [2.05, 4.69) is 15.2 Å². The zero-order valence-electron chi connectivity index (χ0n) is 19.1. The summed E-state index contributed by atoms with van der Waals surface area (Å²) < 4.78 is 37.0. The van der Waals surface area contributed by atoms with E-state index < -0.39 is 24.9 Å². The van der Waals surface area contributed by atoms with Gasteiger partial charge in [-0.1, -0.05) is 12.1 Å². The van der Waals surface area contributed by atoms with Crippen LogP contribution in [-0.4, -0.2) is 54.1 Å². The number of hydrogen-bond acceptors (Lipinski definition) is 4. The van der Waals surface area contributed by atoms with Crippen molar-refractivity contribution in [1.82, 2.24) is 9.88 Å². The van der Waals surface area contributed by atoms with Crippen LogP contribution in [0.3, 0.4) is 0 Å². The Labute approximate surface area is 197 Å². The Hall–Kier alpha value is -3.10. The summed E-state index contributed by atoms with van der Waals surface area (Å²) in [5, 5.41) is 2.98. The van der Waals surface area contributed by atoms with Crippen molar-refractivity contribution in [2.45, 2.75) is 44.7 Å². The smallest absolute Gasteiger partial charge is 0.368 e. The summed E-state index contributed by atoms with van der Waals surface area (Å²) in [4.78, 5) is 32.6. The van der Waals surface area contributed by atoms with Crippen molar-refractivity contribution < 1.29 is 22.8 Å². The molecule has 1 aromatic carbocycles. The highest BCUT2D eigenvalue weighted by Gasteiger charge is 2.34. The fraction of sp³-hybridized carbons (Fsp3) is 0.480. The minimum absolute atomic E-state index is 0.00350. The summed E-state index contributed by atoms with van der Waals surface area (Å²) in [5.41, 5.74) is 3.87. The summed E-state index contributed by atoms with van der Waals surface area (Å²) in [7, 11) is 0. The molecule has 2 fully saturated rings. The number of likely N-dealkylation sites (tertiary alicyclic amines) is 1. The maximum absolute atomic E-state index is 12.6. The molecule has 9 heteroatoms. The monoisotopic (exact) mass is 474 g/mol. The average molecular weight is 475 g/mol. The van der Waals surface area contributed by atoms with Gasteiger partial charge < -0.3 is 15.1 Å². The predicted molar refractivity (Wildman–Crippen MR) is 124 cm³/mol. The predicted octanol–water partition coefficient (Wildman–Crippen LogP) is 4.51. The number of aromatic nitrogens is 1. The van der Waals surface area contributed by atoms with Gasteiger partial charge in [0.15, 0.2) is 0 Å². The van der Waals surface area contributed by atoms with E-state index in [4.69, 9.17) is 0 Å². The number of halogens is 3. The van der Waals surface area contributed by atoms with Crippen LogP contribution < -0.4 is 10.2 Å². The second kappa shape index (κ2) is 10.0. The van der Waals surface area contributed by atoms with Crippen LogP contribution in [0.5, 0.6) is 0 Å². The number of anilines is 2. The van der Waals surface area contributed by atoms with Gasteiger partial charge in [-0.3, -0.25) is 14.6 Å². The van der Waals surface area contributed by atoms with E-state index in [1.54, 1.807) is 6.20 Å². The lowest BCUT2D eigenvalue weighted by atomic mass is 9.89. The number of piperidine rings is 1. The fourth-order valence-corrected chi connectivity index (χ4v) is 4.60. The van der Waals surface area contributed by atoms with Crippen molar-refractivity contribution >= 4 is 23.2 Å². The number of pyridine rings is 1. The molecule has 34 heavy (non-hydrogen) atoms. The third-order valence-corrected chi connectivity index (χ3v) is 6.69. The van der Waals surface area contributed by atoms with Crippen LogP contribution in [0, 0.1) is 12.8 Å². The number of rotatable bonds is 6. The van der Waals surface area contributed by atoms with E-state index in [-0.39, 0.29) is 17.7 Å². The summed E-state index contributed by atoms with van der Waals surface area (Å²) in [5.74, 6) is -0.254. The van der Waals surface area contributed by atoms with Crippen molar-refractivity contribution in [3.8, 4) is 0 Å². The normalized spacial score (nSPS) is 17.4. The first-order valence-electron chi connectivity index (χ1n) is 11.6. The van der Waals surface area contributed by atoms with Crippen LogP contribution >= 0.6 is 0 Å². The second-order valence-corrected chi connectivity index (χ2v) is 9.09. The van der Waals surface area contributed by atoms with E-state index in [1.807, 2.05) is 43.3 Å². The maximum Gasteiger partial charge on any atom is 0.389 e. The third kappa shape index (κ3) is 5.87. The quantitative estimate of drug-likeness (QED) is 0.669. The van der Waals surface area contributed by atoms with E-state index >= 15 is 0 Å². The maximum atomic E-state index is 12.6. The Morgan fingerprint density at radius 3 is 2.38 bits per heavy atom. The highest BCUT2D eigenvalue weighted by Crippen LogP contribution is 2.31. The number of nitrogens with one attached hydrogen (secondary N) is 1. The van der Waals surface area contributed by atoms with Crippen LogP contribution in [0.1, 0.15) is 42.9 Å². The van der Waals surface area contributed by atoms with Crippen LogP contribution in [0.15, 0.2) is 42.6 Å². The summed E-state index contributed by atoms with van der Waals surface area (Å²) in [6.07, 6.45) is -2.66. The fourth-order valence-electron chi connectivity index (χ4n) is 4.60. The minimum atomic E-state index is -4.30. The summed E-state index contributed by atoms with van der Waals surface area (Å²) >= 11 is 0. The molecule has 0 radical (unpaired) electrons. The van der Waals surface area contributed by atoms with E-state index in [9.17, 15) is 22.8 Å². The van der Waals surface area contributed by atoms with Gasteiger partial charge in [0.05, 0.1) is 23.7 Å². The van der Waals surface area contributed by atoms with Crippen LogP contribution in [0.2, 0.25) is 0 Å². The highest BCUT2D eigenvalue weighted by atomic mass is 19.4. The molecule has 2 saturated heterocycles. The van der Waals surface area contributed by atoms with Crippen molar-refractivity contribution in [2.24, 2.45) is 5.92 Å². The second-order valence-electron chi connectivity index (χ2n) is 9.09. The van der Waals surface area contributed by atoms with Crippen molar-refractivity contribution in [2.75, 3.05) is 36.4 Å². The third-order valence-electron chi connectivity index (χ3n) is 6.69. The molecule has 2 aromatic rings. The summed E-state index contributed by atoms with van der Waals surface area (Å²) in [6, 6.07) is 11.6. The first-order chi connectivity index (χ1) is 16.2. The highest BCUT2D eigenvalue weighted by molar-refractivity contribution is 5.94. The number of hydrogen-bond donors (Lipinski definition) is 1. The number of aryl methyl sites for hydroxylation is 1. The number of nitrogens with zero attached hydrogens (tertiary/aromatic N) is 3. The lowest BCUT2D eigenvalue weighted by Gasteiger charge is -2.40. The standard InChI is InChI=1S/C25H29F3N4O2/c1-17-22(3-2-12-29-17)32-15-20(16-32)24(34)30-21-6-4-18(5-7-21)19-9-13-31(14-10-19)23(33)8-11-25(26,27)28/h2-7,12,19-20H,8-11,13-16H2,1H3,(H,30,34). The van der Waals surface area contributed by atoms with Gasteiger partial charge in [0.25, 0.3) is 0 Å². The number of carbonyl (C=O) groups is 2. The van der Waals surface area contributed by atoms with Crippen molar-refractivity contribution in [3.05, 3.63) is 53.9 Å². The molecule has 0 aliphatic carbocycles. The number of alkyl halides is 3. The number of carbonyl (C=O) groups excluding carboxylic acids is 2.